The van der Waals surface area contributed by atoms with Crippen LogP contribution < -0.4 is 0 Å². The van der Waals surface area contributed by atoms with E-state index in [0.717, 1.165) is 34.5 Å². The number of alkyl halides is 3. The van der Waals surface area contributed by atoms with E-state index in [-0.39, 0.29) is 10.5 Å². The van der Waals surface area contributed by atoms with E-state index in [1.807, 2.05) is 0 Å². The molecule has 3 rings (SSSR count). The predicted octanol–water partition coefficient (Wildman–Crippen LogP) is 3.44. The van der Waals surface area contributed by atoms with Crippen molar-refractivity contribution in [2.75, 3.05) is 7.05 Å². The van der Waals surface area contributed by atoms with Crippen LogP contribution in [0.15, 0.2) is 29.3 Å². The first kappa shape index (κ1) is 17.9. The van der Waals surface area contributed by atoms with E-state index in [1.165, 1.54) is 20.0 Å². The molecule has 0 unspecified atom stereocenters. The van der Waals surface area contributed by atoms with Crippen LogP contribution in [0.2, 0.25) is 0 Å². The van der Waals surface area contributed by atoms with Gasteiger partial charge in [0, 0.05) is 18.3 Å². The number of fused-ring (bicyclic) bond motifs is 1. The van der Waals surface area contributed by atoms with E-state index >= 15 is 0 Å². The van der Waals surface area contributed by atoms with E-state index < -0.39 is 27.8 Å². The molecule has 1 N–H and O–H groups in total. The minimum atomic E-state index is -4.60. The van der Waals surface area contributed by atoms with Crippen LogP contribution in [0, 0.1) is 6.92 Å². The standard InChI is InChI=1S/C16H18F3N3O2S/c1-10-6-11(16(17,18)19)8-12(7-10)25(23,24)22(2)15-5-3-4-14-13(15)9-20-21-14/h6-9,15H,3-5H2,1-2H3,(H,20,21)/t15-/m1/s1. The lowest BCUT2D eigenvalue weighted by atomic mass is 9.93. The first-order valence-electron chi connectivity index (χ1n) is 7.80. The summed E-state index contributed by atoms with van der Waals surface area (Å²) in [6.45, 7) is 1.45. The summed E-state index contributed by atoms with van der Waals surface area (Å²) >= 11 is 0. The summed E-state index contributed by atoms with van der Waals surface area (Å²) in [5.74, 6) is 0. The van der Waals surface area contributed by atoms with Crippen molar-refractivity contribution >= 4 is 10.0 Å². The monoisotopic (exact) mass is 373 g/mol. The number of halogens is 3. The molecule has 1 heterocycles. The molecule has 1 aromatic carbocycles. The van der Waals surface area contributed by atoms with Crippen LogP contribution in [0.1, 0.15) is 41.3 Å². The van der Waals surface area contributed by atoms with Gasteiger partial charge in [-0.1, -0.05) is 0 Å². The molecule has 136 valence electrons. The molecule has 0 fully saturated rings. The van der Waals surface area contributed by atoms with Crippen molar-refractivity contribution < 1.29 is 21.6 Å². The summed E-state index contributed by atoms with van der Waals surface area (Å²) in [7, 11) is -2.67. The van der Waals surface area contributed by atoms with Crippen LogP contribution in [0.3, 0.4) is 0 Å². The molecule has 1 aromatic heterocycles. The van der Waals surface area contributed by atoms with Gasteiger partial charge in [0.1, 0.15) is 0 Å². The third-order valence-corrected chi connectivity index (χ3v) is 6.35. The van der Waals surface area contributed by atoms with E-state index in [2.05, 4.69) is 10.2 Å². The Morgan fingerprint density at radius 2 is 2.00 bits per heavy atom. The molecule has 0 radical (unpaired) electrons. The van der Waals surface area contributed by atoms with Crippen molar-refractivity contribution in [3.05, 3.63) is 46.8 Å². The second-order valence-corrected chi connectivity index (χ2v) is 8.26. The minimum Gasteiger partial charge on any atom is -0.282 e. The Morgan fingerprint density at radius 1 is 1.28 bits per heavy atom. The first-order chi connectivity index (χ1) is 11.6. The van der Waals surface area contributed by atoms with E-state index in [1.54, 1.807) is 6.20 Å². The quantitative estimate of drug-likeness (QED) is 0.896. The lowest BCUT2D eigenvalue weighted by Gasteiger charge is -2.30. The lowest BCUT2D eigenvalue weighted by Crippen LogP contribution is -2.33. The molecule has 1 atom stereocenters. The molecule has 0 aliphatic heterocycles. The van der Waals surface area contributed by atoms with Crippen molar-refractivity contribution in [3.63, 3.8) is 0 Å². The summed E-state index contributed by atoms with van der Waals surface area (Å²) in [5.41, 5.74) is 0.932. The molecule has 1 aliphatic rings. The van der Waals surface area contributed by atoms with Gasteiger partial charge in [0.15, 0.2) is 0 Å². The zero-order valence-electron chi connectivity index (χ0n) is 13.8. The van der Waals surface area contributed by atoms with Crippen LogP contribution in [-0.2, 0) is 22.6 Å². The highest BCUT2D eigenvalue weighted by atomic mass is 32.2. The number of hydrogen-bond donors (Lipinski definition) is 1. The number of aromatic amines is 1. The molecule has 0 bridgehead atoms. The van der Waals surface area contributed by atoms with Gasteiger partial charge < -0.3 is 0 Å². The van der Waals surface area contributed by atoms with Gasteiger partial charge >= 0.3 is 6.18 Å². The van der Waals surface area contributed by atoms with Gasteiger partial charge in [0.2, 0.25) is 10.0 Å². The summed E-state index contributed by atoms with van der Waals surface area (Å²) in [4.78, 5) is -0.349. The Hall–Kier alpha value is -1.87. The Bertz CT molecular complexity index is 890. The fourth-order valence-electron chi connectivity index (χ4n) is 3.21. The number of nitrogens with one attached hydrogen (secondary N) is 1. The molecular formula is C16H18F3N3O2S. The van der Waals surface area contributed by atoms with Gasteiger partial charge in [-0.3, -0.25) is 5.10 Å². The van der Waals surface area contributed by atoms with Gasteiger partial charge in [-0.25, -0.2) is 8.42 Å². The van der Waals surface area contributed by atoms with Crippen LogP contribution in [-0.4, -0.2) is 30.0 Å². The zero-order chi connectivity index (χ0) is 18.4. The number of nitrogens with zero attached hydrogens (tertiary/aromatic N) is 2. The highest BCUT2D eigenvalue weighted by molar-refractivity contribution is 7.89. The van der Waals surface area contributed by atoms with Crippen LogP contribution in [0.4, 0.5) is 13.2 Å². The minimum absolute atomic E-state index is 0.245. The van der Waals surface area contributed by atoms with E-state index in [9.17, 15) is 21.6 Å². The number of aromatic nitrogens is 2. The van der Waals surface area contributed by atoms with Gasteiger partial charge in [-0.05, 0) is 49.9 Å². The number of aryl methyl sites for hydroxylation is 2. The maximum Gasteiger partial charge on any atom is 0.416 e. The molecule has 5 nitrogen and oxygen atoms in total. The average Bonchev–Trinajstić information content (AvgIpc) is 3.01. The molecule has 0 saturated carbocycles. The molecular weight excluding hydrogens is 355 g/mol. The number of rotatable bonds is 3. The third kappa shape index (κ3) is 3.30. The maximum absolute atomic E-state index is 13.0. The van der Waals surface area contributed by atoms with Gasteiger partial charge in [-0.15, -0.1) is 0 Å². The normalized spacial score (nSPS) is 18.4. The van der Waals surface area contributed by atoms with Crippen LogP contribution in [0.5, 0.6) is 0 Å². The first-order valence-corrected chi connectivity index (χ1v) is 9.24. The Labute approximate surface area is 143 Å². The number of hydrogen-bond acceptors (Lipinski definition) is 3. The summed E-state index contributed by atoms with van der Waals surface area (Å²) < 4.78 is 66.1. The van der Waals surface area contributed by atoms with Crippen molar-refractivity contribution in [2.24, 2.45) is 0 Å². The smallest absolute Gasteiger partial charge is 0.282 e. The number of sulfonamides is 1. The van der Waals surface area contributed by atoms with Crippen molar-refractivity contribution in [2.45, 2.75) is 43.3 Å². The highest BCUT2D eigenvalue weighted by Gasteiger charge is 2.36. The second-order valence-electron chi connectivity index (χ2n) is 6.27. The average molecular weight is 373 g/mol. The third-order valence-electron chi connectivity index (χ3n) is 4.51. The van der Waals surface area contributed by atoms with Crippen LogP contribution in [0.25, 0.3) is 0 Å². The second kappa shape index (κ2) is 6.14. The van der Waals surface area contributed by atoms with Crippen LogP contribution >= 0.6 is 0 Å². The molecule has 0 spiro atoms. The van der Waals surface area contributed by atoms with Crippen molar-refractivity contribution in [3.8, 4) is 0 Å². The highest BCUT2D eigenvalue weighted by Crippen LogP contribution is 2.37. The summed E-state index contributed by atoms with van der Waals surface area (Å²) in [6, 6.07) is 2.45. The lowest BCUT2D eigenvalue weighted by molar-refractivity contribution is -0.137. The van der Waals surface area contributed by atoms with E-state index in [4.69, 9.17) is 0 Å². The molecule has 2 aromatic rings. The SMILES string of the molecule is Cc1cc(C(F)(F)F)cc(S(=O)(=O)N(C)[C@@H]2CCCc3[nH]ncc32)c1. The van der Waals surface area contributed by atoms with Gasteiger partial charge in [0.25, 0.3) is 0 Å². The zero-order valence-corrected chi connectivity index (χ0v) is 14.6. The fourth-order valence-corrected chi connectivity index (χ4v) is 4.71. The fraction of sp³-hybridized carbons (Fsp3) is 0.438. The predicted molar refractivity (Wildman–Crippen MR) is 85.4 cm³/mol. The Kier molecular flexibility index (Phi) is 4.40. The maximum atomic E-state index is 13.0. The van der Waals surface area contributed by atoms with Crippen molar-refractivity contribution in [1.82, 2.24) is 14.5 Å². The summed E-state index contributed by atoms with van der Waals surface area (Å²) in [5, 5.41) is 6.81. The molecule has 9 heteroatoms. The Balaban J connectivity index is 2.02. The molecule has 1 aliphatic carbocycles. The van der Waals surface area contributed by atoms with Gasteiger partial charge in [-0.2, -0.15) is 22.6 Å². The topological polar surface area (TPSA) is 66.1 Å². The molecule has 0 amide bonds. The number of H-pyrrole nitrogens is 1. The Morgan fingerprint density at radius 3 is 2.68 bits per heavy atom. The molecule has 0 saturated heterocycles. The largest absolute Gasteiger partial charge is 0.416 e. The number of benzene rings is 1. The van der Waals surface area contributed by atoms with E-state index in [0.29, 0.717) is 12.5 Å². The summed E-state index contributed by atoms with van der Waals surface area (Å²) in [6.07, 6.45) is -0.857. The molecule has 25 heavy (non-hydrogen) atoms. The van der Waals surface area contributed by atoms with Gasteiger partial charge in [0.05, 0.1) is 22.7 Å². The van der Waals surface area contributed by atoms with Crippen molar-refractivity contribution in [1.29, 1.82) is 0 Å².